The summed E-state index contributed by atoms with van der Waals surface area (Å²) in [6.07, 6.45) is 22.1. The van der Waals surface area contributed by atoms with Gasteiger partial charge in [0.25, 0.3) is 0 Å². The molecule has 16 rings (SSSR count). The van der Waals surface area contributed by atoms with Gasteiger partial charge < -0.3 is 0 Å². The van der Waals surface area contributed by atoms with E-state index in [2.05, 4.69) is 230 Å². The van der Waals surface area contributed by atoms with Gasteiger partial charge in [-0.25, -0.2) is 15.0 Å². The van der Waals surface area contributed by atoms with E-state index in [4.69, 9.17) is 29.9 Å². The maximum absolute atomic E-state index is 5.40. The Morgan fingerprint density at radius 1 is 0.300 bits per heavy atom. The molecule has 0 spiro atoms. The third kappa shape index (κ3) is 7.52. The van der Waals surface area contributed by atoms with Crippen LogP contribution in [0.3, 0.4) is 0 Å². The average Bonchev–Trinajstić information content (AvgIpc) is 4.13. The maximum atomic E-state index is 5.40. The van der Waals surface area contributed by atoms with Gasteiger partial charge in [0.2, 0.25) is 0 Å². The van der Waals surface area contributed by atoms with E-state index < -0.39 is 0 Å². The molecule has 0 aliphatic heterocycles. The molecule has 0 unspecified atom stereocenters. The Bertz CT molecular complexity index is 5060. The quantitative estimate of drug-likeness (QED) is 0.122. The molecule has 80 heavy (non-hydrogen) atoms. The molecule has 0 fully saturated rings. The lowest BCUT2D eigenvalue weighted by molar-refractivity contribution is 1.18. The summed E-state index contributed by atoms with van der Waals surface area (Å²) in [5.74, 6) is 0. The van der Waals surface area contributed by atoms with E-state index in [9.17, 15) is 0 Å². The summed E-state index contributed by atoms with van der Waals surface area (Å²) in [6, 6.07) is 66.7. The minimum Gasteiger partial charge on any atom is -0.252 e. The minimum atomic E-state index is 0.790. The minimum absolute atomic E-state index is 0.790. The molecule has 3 heterocycles. The Balaban J connectivity index is 0.839. The number of nitrogens with zero attached hydrogens (tertiary/aromatic N) is 6. The fourth-order valence-electron chi connectivity index (χ4n) is 11.9. The van der Waals surface area contributed by atoms with Crippen molar-refractivity contribution >= 4 is 77.7 Å². The van der Waals surface area contributed by atoms with Gasteiger partial charge in [-0.3, -0.25) is 15.0 Å². The highest BCUT2D eigenvalue weighted by Crippen LogP contribution is 2.42. The van der Waals surface area contributed by atoms with Crippen LogP contribution < -0.4 is 0 Å². The van der Waals surface area contributed by atoms with Crippen LogP contribution in [0.15, 0.2) is 255 Å². The molecule has 6 heteroatoms. The van der Waals surface area contributed by atoms with Crippen molar-refractivity contribution in [2.75, 3.05) is 0 Å². The Hall–Kier alpha value is -11.0. The number of rotatable bonds is 6. The molecule has 2 bridgehead atoms. The van der Waals surface area contributed by atoms with Gasteiger partial charge >= 0.3 is 0 Å². The summed E-state index contributed by atoms with van der Waals surface area (Å²) >= 11 is 0. The number of benzene rings is 10. The second-order valence-electron chi connectivity index (χ2n) is 20.4. The van der Waals surface area contributed by atoms with Gasteiger partial charge in [0.15, 0.2) is 0 Å². The van der Waals surface area contributed by atoms with E-state index >= 15 is 0 Å². The standard InChI is InChI=1S/C74H42N6/c1-2-26-59-57-27-7-11-32-62(57)70-73(64(59)30-3-1)79-67(43-76-70)50-23-15-20-46(36-50)54-39-53(45-19-14-22-49(35-45)66-42-75-69-52-18-5-4-17-48(38-52)56-25-6-10-31-61(56)72(69)78-66)40-55(41-54)47-21-16-24-51(37-47)68-44-77-71-63-33-12-8-28-58(63)60-29-9-13-34-65(60)74(71)80-68/h1,3-37,39-44H. The van der Waals surface area contributed by atoms with Gasteiger partial charge in [-0.1, -0.05) is 176 Å². The van der Waals surface area contributed by atoms with E-state index in [-0.39, 0.29) is 0 Å². The second kappa shape index (κ2) is 18.3. The summed E-state index contributed by atoms with van der Waals surface area (Å²) in [4.78, 5) is 31.6. The number of allylic oxidation sites excluding steroid dienone is 7. The molecule has 0 amide bonds. The molecular weight excluding hydrogens is 973 g/mol. The molecule has 0 radical (unpaired) electrons. The van der Waals surface area contributed by atoms with E-state index in [1.165, 1.54) is 10.8 Å². The van der Waals surface area contributed by atoms with Gasteiger partial charge in [0.05, 0.1) is 63.4 Å². The number of hydrogen-bond donors (Lipinski definition) is 0. The lowest BCUT2D eigenvalue weighted by atomic mass is 9.91. The molecule has 0 saturated carbocycles. The van der Waals surface area contributed by atoms with Gasteiger partial charge in [0.1, 0.15) is 5.69 Å². The van der Waals surface area contributed by atoms with Crippen molar-refractivity contribution in [3.05, 3.63) is 277 Å². The van der Waals surface area contributed by atoms with Crippen molar-refractivity contribution in [2.24, 2.45) is 0 Å². The fourth-order valence-corrected chi connectivity index (χ4v) is 11.9. The van der Waals surface area contributed by atoms with Crippen LogP contribution in [-0.4, -0.2) is 29.9 Å². The largest absolute Gasteiger partial charge is 0.252 e. The summed E-state index contributed by atoms with van der Waals surface area (Å²) in [5, 5.41) is 6.72. The zero-order chi connectivity index (χ0) is 52.7. The van der Waals surface area contributed by atoms with Crippen LogP contribution in [0.4, 0.5) is 0 Å². The Kier molecular flexibility index (Phi) is 10.4. The van der Waals surface area contributed by atoms with Crippen LogP contribution >= 0.6 is 0 Å². The first-order valence-electron chi connectivity index (χ1n) is 26.8. The Morgan fingerprint density at radius 3 is 1.39 bits per heavy atom. The predicted molar refractivity (Wildman–Crippen MR) is 329 cm³/mol. The molecule has 3 aliphatic rings. The summed E-state index contributed by atoms with van der Waals surface area (Å²) in [6.45, 7) is 0. The normalized spacial score (nSPS) is 13.0. The van der Waals surface area contributed by atoms with E-state index in [0.717, 1.165) is 156 Å². The molecular formula is C74H42N6. The van der Waals surface area contributed by atoms with E-state index in [1.54, 1.807) is 0 Å². The van der Waals surface area contributed by atoms with Crippen molar-refractivity contribution < 1.29 is 0 Å². The molecule has 13 aromatic rings. The van der Waals surface area contributed by atoms with Crippen molar-refractivity contribution in [1.82, 2.24) is 29.9 Å². The number of aromatic nitrogens is 6. The third-order valence-electron chi connectivity index (χ3n) is 15.7. The molecule has 10 aromatic carbocycles. The topological polar surface area (TPSA) is 77.3 Å². The monoisotopic (exact) mass is 1010 g/mol. The molecule has 368 valence electrons. The fraction of sp³-hybridized carbons (Fsp3) is 0. The smallest absolute Gasteiger partial charge is 0.104 e. The SMILES string of the molecule is C1=CC=Cc2c(c3ccccc3c3ncc(-c4cccc(-c5cc(-c6cccc(-c7cnc8c(n7)-c7ccccc7C7=C=C8C=CC=C7)c6)cc(-c6cccc(-c7cnc8c9ccccc9c9ccccc9c8n7)c6)c5)c4)nc23)C=1. The zero-order valence-electron chi connectivity index (χ0n) is 42.9. The van der Waals surface area contributed by atoms with Gasteiger partial charge in [-0.05, 0) is 121 Å². The summed E-state index contributed by atoms with van der Waals surface area (Å²) < 4.78 is 0. The van der Waals surface area contributed by atoms with Crippen LogP contribution in [0.2, 0.25) is 0 Å². The first-order chi connectivity index (χ1) is 39.6. The van der Waals surface area contributed by atoms with Crippen molar-refractivity contribution in [3.8, 4) is 78.4 Å². The van der Waals surface area contributed by atoms with Crippen molar-refractivity contribution in [2.45, 2.75) is 0 Å². The van der Waals surface area contributed by atoms with E-state index in [1.807, 2.05) is 36.8 Å². The van der Waals surface area contributed by atoms with Gasteiger partial charge in [0, 0.05) is 55.1 Å². The van der Waals surface area contributed by atoms with Crippen LogP contribution in [0.25, 0.3) is 156 Å². The van der Waals surface area contributed by atoms with Gasteiger partial charge in [-0.2, -0.15) is 0 Å². The van der Waals surface area contributed by atoms with Gasteiger partial charge in [-0.15, -0.1) is 11.5 Å². The highest BCUT2D eigenvalue weighted by Gasteiger charge is 2.23. The average molecular weight is 1020 g/mol. The molecule has 0 atom stereocenters. The Labute approximate surface area is 460 Å². The molecule has 6 nitrogen and oxygen atoms in total. The maximum Gasteiger partial charge on any atom is 0.104 e. The third-order valence-corrected chi connectivity index (χ3v) is 15.7. The Morgan fingerprint density at radius 2 is 0.762 bits per heavy atom. The second-order valence-corrected chi connectivity index (χ2v) is 20.4. The van der Waals surface area contributed by atoms with Crippen LogP contribution in [0.5, 0.6) is 0 Å². The van der Waals surface area contributed by atoms with Crippen LogP contribution in [0.1, 0.15) is 22.4 Å². The lowest BCUT2D eigenvalue weighted by Gasteiger charge is -2.15. The lowest BCUT2D eigenvalue weighted by Crippen LogP contribution is -1.99. The molecule has 0 saturated heterocycles. The predicted octanol–water partition coefficient (Wildman–Crippen LogP) is 18.2. The van der Waals surface area contributed by atoms with Crippen molar-refractivity contribution in [1.29, 1.82) is 0 Å². The van der Waals surface area contributed by atoms with Crippen LogP contribution in [-0.2, 0) is 0 Å². The molecule has 3 aliphatic carbocycles. The van der Waals surface area contributed by atoms with Crippen molar-refractivity contribution in [3.63, 3.8) is 0 Å². The number of hydrogen-bond acceptors (Lipinski definition) is 6. The first kappa shape index (κ1) is 45.2. The van der Waals surface area contributed by atoms with Crippen LogP contribution in [0, 0.1) is 0 Å². The highest BCUT2D eigenvalue weighted by atomic mass is 14.8. The van der Waals surface area contributed by atoms with E-state index in [0.29, 0.717) is 0 Å². The summed E-state index contributed by atoms with van der Waals surface area (Å²) in [5.41, 5.74) is 29.9. The number of fused-ring (bicyclic) bond motifs is 17. The summed E-state index contributed by atoms with van der Waals surface area (Å²) in [7, 11) is 0. The molecule has 3 aromatic heterocycles. The highest BCUT2D eigenvalue weighted by molar-refractivity contribution is 6.23. The molecule has 0 N–H and O–H groups in total. The zero-order valence-corrected chi connectivity index (χ0v) is 42.9. The first-order valence-corrected chi connectivity index (χ1v) is 26.8.